The summed E-state index contributed by atoms with van der Waals surface area (Å²) in [6, 6.07) is 0.259. The molecule has 0 saturated heterocycles. The van der Waals surface area contributed by atoms with Gasteiger partial charge in [-0.1, -0.05) is 19.3 Å². The van der Waals surface area contributed by atoms with Crippen molar-refractivity contribution in [1.29, 1.82) is 0 Å². The molecule has 4 atom stereocenters. The number of nitrogens with zero attached hydrogens (tertiary/aromatic N) is 2. The van der Waals surface area contributed by atoms with Gasteiger partial charge in [-0.05, 0) is 56.8 Å². The van der Waals surface area contributed by atoms with Crippen LogP contribution in [0, 0.1) is 11.8 Å². The van der Waals surface area contributed by atoms with Crippen LogP contribution >= 0.6 is 12.0 Å². The molecule has 3 saturated carbocycles. The van der Waals surface area contributed by atoms with Crippen molar-refractivity contribution in [1.82, 2.24) is 0 Å². The van der Waals surface area contributed by atoms with Crippen molar-refractivity contribution in [3.05, 3.63) is 0 Å². The Balaban J connectivity index is 0.00000208. The van der Waals surface area contributed by atoms with Crippen LogP contribution in [0.15, 0.2) is 10.2 Å². The second kappa shape index (κ2) is 10.8. The van der Waals surface area contributed by atoms with E-state index in [-0.39, 0.29) is 47.7 Å². The monoisotopic (exact) mass is 366 g/mol. The number of hydrogen-bond acceptors (Lipinski definition) is 7. The maximum absolute atomic E-state index is 10.4. The number of hydrogen-bond donors (Lipinski definition) is 1. The minimum atomic E-state index is -0.312. The molecule has 0 aromatic carbocycles. The van der Waals surface area contributed by atoms with E-state index >= 15 is 0 Å². The third kappa shape index (κ3) is 5.64. The van der Waals surface area contributed by atoms with Gasteiger partial charge in [-0.3, -0.25) is 5.04 Å². The molecule has 3 aliphatic rings. The molecule has 0 radical (unpaired) electrons. The molecule has 24 heavy (non-hydrogen) atoms. The fraction of sp³-hybridized carbons (Fsp3) is 1.00. The summed E-state index contributed by atoms with van der Waals surface area (Å²) in [6.07, 6.45) is 10.6. The zero-order chi connectivity index (χ0) is 16.1. The third-order valence-corrected chi connectivity index (χ3v) is 6.72. The summed E-state index contributed by atoms with van der Waals surface area (Å²) in [5.74, 6) is 1.28. The molecule has 3 aliphatic carbocycles. The smallest absolute Gasteiger partial charge is 0.691 e. The molecule has 0 amide bonds. The van der Waals surface area contributed by atoms with E-state index in [1.807, 2.05) is 0 Å². The summed E-state index contributed by atoms with van der Waals surface area (Å²) < 4.78 is 4.41. The zero-order valence-corrected chi connectivity index (χ0v) is 17.3. The van der Waals surface area contributed by atoms with E-state index < -0.39 is 0 Å². The topological polar surface area (TPSA) is 86.5 Å². The van der Waals surface area contributed by atoms with Crippen LogP contribution in [0.3, 0.4) is 0 Å². The standard InChI is InChI=1S/C16H28N2O4S.Na/c19-15-10-5-11-3-1-2-4-14(11)16(15)18-17-12-6-8-13(9-7-12)23-22-21-20;/h11-16,19-20H,1-10H2;/q;+1/p-1. The molecule has 3 rings (SSSR count). The Morgan fingerprint density at radius 1 is 0.917 bits per heavy atom. The van der Waals surface area contributed by atoms with Gasteiger partial charge in [0.25, 0.3) is 0 Å². The molecule has 0 spiro atoms. The van der Waals surface area contributed by atoms with Crippen LogP contribution in [0.4, 0.5) is 0 Å². The minimum Gasteiger partial charge on any atom is -0.691 e. The second-order valence-electron chi connectivity index (χ2n) is 7.24. The summed E-state index contributed by atoms with van der Waals surface area (Å²) >= 11 is 1.11. The molecular formula is C16H27N2NaO4S. The summed E-state index contributed by atoms with van der Waals surface area (Å²) in [4.78, 5) is 0. The van der Waals surface area contributed by atoms with Gasteiger partial charge < -0.3 is 10.4 Å². The van der Waals surface area contributed by atoms with Crippen molar-refractivity contribution in [2.24, 2.45) is 22.1 Å². The second-order valence-corrected chi connectivity index (χ2v) is 8.23. The fourth-order valence-electron chi connectivity index (χ4n) is 4.55. The van der Waals surface area contributed by atoms with Crippen LogP contribution in [0.2, 0.25) is 0 Å². The van der Waals surface area contributed by atoms with Crippen molar-refractivity contribution >= 4 is 12.0 Å². The Kier molecular flexibility index (Phi) is 9.51. The summed E-state index contributed by atoms with van der Waals surface area (Å²) in [7, 11) is 0. The molecule has 3 fully saturated rings. The fourth-order valence-corrected chi connectivity index (χ4v) is 5.16. The zero-order valence-electron chi connectivity index (χ0n) is 14.5. The van der Waals surface area contributed by atoms with E-state index in [0.29, 0.717) is 11.2 Å². The van der Waals surface area contributed by atoms with Gasteiger partial charge in [0.2, 0.25) is 0 Å². The van der Waals surface area contributed by atoms with E-state index in [9.17, 15) is 10.4 Å². The maximum atomic E-state index is 10.4. The van der Waals surface area contributed by atoms with Gasteiger partial charge in [0.15, 0.2) is 0 Å². The van der Waals surface area contributed by atoms with Crippen LogP contribution in [-0.2, 0) is 9.37 Å². The third-order valence-electron chi connectivity index (χ3n) is 5.84. The Hall–Kier alpha value is 0.790. The Labute approximate surface area is 170 Å². The first-order valence-electron chi connectivity index (χ1n) is 8.98. The first kappa shape index (κ1) is 21.1. The van der Waals surface area contributed by atoms with E-state index in [2.05, 4.69) is 19.6 Å². The molecule has 1 N–H and O–H groups in total. The Morgan fingerprint density at radius 2 is 1.67 bits per heavy atom. The molecule has 0 bridgehead atoms. The van der Waals surface area contributed by atoms with Gasteiger partial charge in [-0.2, -0.15) is 14.6 Å². The minimum absolute atomic E-state index is 0. The van der Waals surface area contributed by atoms with Crippen molar-refractivity contribution < 1.29 is 49.3 Å². The molecule has 6 nitrogen and oxygen atoms in total. The Bertz CT molecular complexity index is 396. The maximum Gasteiger partial charge on any atom is 1.00 e. The quantitative estimate of drug-likeness (QED) is 0.242. The van der Waals surface area contributed by atoms with Gasteiger partial charge in [-0.25, -0.2) is 0 Å². The van der Waals surface area contributed by atoms with Gasteiger partial charge in [0.05, 0.1) is 18.2 Å². The van der Waals surface area contributed by atoms with Crippen molar-refractivity contribution in [2.45, 2.75) is 87.6 Å². The first-order chi connectivity index (χ1) is 11.3. The van der Waals surface area contributed by atoms with Crippen LogP contribution in [0.5, 0.6) is 0 Å². The number of aliphatic hydroxyl groups excluding tert-OH is 1. The summed E-state index contributed by atoms with van der Waals surface area (Å²) in [5.41, 5.74) is 0. The van der Waals surface area contributed by atoms with Crippen LogP contribution < -0.4 is 34.8 Å². The summed E-state index contributed by atoms with van der Waals surface area (Å²) in [5, 5.41) is 33.1. The van der Waals surface area contributed by atoms with Crippen LogP contribution in [-0.4, -0.2) is 28.5 Å². The van der Waals surface area contributed by atoms with Gasteiger partial charge in [0.1, 0.15) is 0 Å². The molecule has 132 valence electrons. The van der Waals surface area contributed by atoms with Gasteiger partial charge >= 0.3 is 29.6 Å². The molecule has 0 aromatic rings. The number of fused-ring (bicyclic) bond motifs is 1. The Morgan fingerprint density at radius 3 is 2.42 bits per heavy atom. The number of aliphatic hydroxyl groups is 1. The molecule has 0 heterocycles. The average molecular weight is 366 g/mol. The predicted molar refractivity (Wildman–Crippen MR) is 85.1 cm³/mol. The van der Waals surface area contributed by atoms with Gasteiger partial charge in [0, 0.05) is 17.3 Å². The van der Waals surface area contributed by atoms with Crippen molar-refractivity contribution in [3.8, 4) is 0 Å². The van der Waals surface area contributed by atoms with Crippen molar-refractivity contribution in [3.63, 3.8) is 0 Å². The van der Waals surface area contributed by atoms with Crippen LogP contribution in [0.25, 0.3) is 0 Å². The number of rotatable bonds is 5. The van der Waals surface area contributed by atoms with E-state index in [4.69, 9.17) is 0 Å². The van der Waals surface area contributed by atoms with Gasteiger partial charge in [-0.15, -0.1) is 0 Å². The van der Waals surface area contributed by atoms with Crippen LogP contribution in [0.1, 0.15) is 64.2 Å². The molecule has 4 unspecified atom stereocenters. The summed E-state index contributed by atoms with van der Waals surface area (Å²) in [6.45, 7) is 0. The number of azo groups is 1. The van der Waals surface area contributed by atoms with E-state index in [0.717, 1.165) is 56.5 Å². The largest absolute Gasteiger partial charge is 1.00 e. The average Bonchev–Trinajstić information content (AvgIpc) is 2.60. The van der Waals surface area contributed by atoms with E-state index in [1.165, 1.54) is 25.7 Å². The SMILES string of the molecule is [Na+].[O-]OOSC1CCC(N=NC2C(O)CCC3CCCCC32)CC1. The van der Waals surface area contributed by atoms with Crippen molar-refractivity contribution in [2.75, 3.05) is 0 Å². The molecule has 0 aliphatic heterocycles. The predicted octanol–water partition coefficient (Wildman–Crippen LogP) is -0.0448. The van der Waals surface area contributed by atoms with E-state index in [1.54, 1.807) is 0 Å². The first-order valence-corrected chi connectivity index (χ1v) is 9.78. The molecule has 8 heteroatoms. The molecular weight excluding hydrogens is 339 g/mol. The molecule has 0 aromatic heterocycles. The normalized spacial score (nSPS) is 40.1.